The maximum atomic E-state index is 12.9. The molecule has 1 aromatic rings. The quantitative estimate of drug-likeness (QED) is 0.589. The number of halogens is 1. The summed E-state index contributed by atoms with van der Waals surface area (Å²) in [6, 6.07) is 5.37. The topological polar surface area (TPSA) is 37.4 Å². The van der Waals surface area contributed by atoms with Crippen molar-refractivity contribution in [1.29, 1.82) is 0 Å². The van der Waals surface area contributed by atoms with Gasteiger partial charge >= 0.3 is 0 Å². The normalized spacial score (nSPS) is 36.7. The number of amides is 2. The molecule has 1 saturated carbocycles. The Kier molecular flexibility index (Phi) is 2.48. The number of carbonyl (C=O) groups is 2. The summed E-state index contributed by atoms with van der Waals surface area (Å²) in [7, 11) is 0. The van der Waals surface area contributed by atoms with Crippen LogP contribution in [0, 0.1) is 30.1 Å². The van der Waals surface area contributed by atoms with Crippen LogP contribution < -0.4 is 4.90 Å². The lowest BCUT2D eigenvalue weighted by Crippen LogP contribution is -2.37. The summed E-state index contributed by atoms with van der Waals surface area (Å²) in [4.78, 5) is 27.1. The van der Waals surface area contributed by atoms with Crippen molar-refractivity contribution in [3.63, 3.8) is 0 Å². The Morgan fingerprint density at radius 2 is 2.05 bits per heavy atom. The molecule has 2 bridgehead atoms. The first-order chi connectivity index (χ1) is 9.94. The van der Waals surface area contributed by atoms with Crippen LogP contribution in [-0.2, 0) is 9.59 Å². The molecule has 0 aromatic heterocycles. The van der Waals surface area contributed by atoms with Gasteiger partial charge in [-0.1, -0.05) is 29.8 Å². The van der Waals surface area contributed by atoms with Gasteiger partial charge in [-0.2, -0.15) is 0 Å². The largest absolute Gasteiger partial charge is 0.274 e. The van der Waals surface area contributed by atoms with Crippen LogP contribution in [0.2, 0.25) is 5.02 Å². The number of allylic oxidation sites excluding steroid dienone is 2. The molecule has 21 heavy (non-hydrogen) atoms. The summed E-state index contributed by atoms with van der Waals surface area (Å²) in [5, 5.41) is 0.580. The Morgan fingerprint density at radius 1 is 1.29 bits per heavy atom. The van der Waals surface area contributed by atoms with E-state index in [-0.39, 0.29) is 29.6 Å². The highest BCUT2D eigenvalue weighted by Crippen LogP contribution is 2.60. The molecular formula is C17H16ClNO2. The molecule has 4 atom stereocenters. The van der Waals surface area contributed by atoms with E-state index in [2.05, 4.69) is 12.2 Å². The third-order valence-corrected chi connectivity index (χ3v) is 5.93. The van der Waals surface area contributed by atoms with Gasteiger partial charge in [0.2, 0.25) is 11.8 Å². The Bertz CT molecular complexity index is 711. The van der Waals surface area contributed by atoms with Gasteiger partial charge in [-0.15, -0.1) is 0 Å². The number of rotatable bonds is 1. The number of hydrogen-bond donors (Lipinski definition) is 0. The molecule has 0 N–H and O–H groups in total. The maximum Gasteiger partial charge on any atom is 0.241 e. The van der Waals surface area contributed by atoms with E-state index in [1.807, 2.05) is 19.9 Å². The summed E-state index contributed by atoms with van der Waals surface area (Å²) in [5.74, 6) is 0.0471. The first kappa shape index (κ1) is 13.1. The van der Waals surface area contributed by atoms with E-state index in [1.165, 1.54) is 4.90 Å². The van der Waals surface area contributed by atoms with E-state index in [0.29, 0.717) is 10.7 Å². The Hall–Kier alpha value is -1.61. The monoisotopic (exact) mass is 301 g/mol. The fraction of sp³-hybridized carbons (Fsp3) is 0.412. The number of anilines is 1. The van der Waals surface area contributed by atoms with Crippen LogP contribution in [-0.4, -0.2) is 11.8 Å². The Balaban J connectivity index is 1.81. The molecule has 2 amide bonds. The molecule has 108 valence electrons. The van der Waals surface area contributed by atoms with Gasteiger partial charge in [0.1, 0.15) is 0 Å². The SMILES string of the molecule is Cc1ccc(N2C(=O)[C@H]3[C@@H]4C=C[C@@H](C4)[C@@]3(C)C2=O)cc1Cl. The van der Waals surface area contributed by atoms with Crippen LogP contribution in [0.5, 0.6) is 0 Å². The molecule has 1 aliphatic heterocycles. The standard InChI is InChI=1S/C17H16ClNO2/c1-9-3-6-12(8-13(9)18)19-15(20)14-10-4-5-11(7-10)17(14,2)16(19)21/h3-6,8,10-11,14H,7H2,1-2H3/t10-,11+,14-,17-/m1/s1. The lowest BCUT2D eigenvalue weighted by Gasteiger charge is -2.28. The first-order valence-electron chi connectivity index (χ1n) is 7.27. The molecule has 0 spiro atoms. The van der Waals surface area contributed by atoms with Crippen LogP contribution in [0.3, 0.4) is 0 Å². The second-order valence-corrected chi connectivity index (χ2v) is 6.97. The zero-order chi connectivity index (χ0) is 14.9. The van der Waals surface area contributed by atoms with Gasteiger partial charge in [-0.25, -0.2) is 4.90 Å². The summed E-state index contributed by atoms with van der Waals surface area (Å²) >= 11 is 6.15. The van der Waals surface area contributed by atoms with E-state index in [1.54, 1.807) is 12.1 Å². The highest BCUT2D eigenvalue weighted by atomic mass is 35.5. The van der Waals surface area contributed by atoms with E-state index in [0.717, 1.165) is 12.0 Å². The average molecular weight is 302 g/mol. The molecule has 3 nitrogen and oxygen atoms in total. The number of imide groups is 1. The van der Waals surface area contributed by atoms with E-state index < -0.39 is 5.41 Å². The van der Waals surface area contributed by atoms with Gasteiger partial charge in [0, 0.05) is 5.02 Å². The average Bonchev–Trinajstić information content (AvgIpc) is 3.07. The van der Waals surface area contributed by atoms with Gasteiger partial charge in [0.05, 0.1) is 17.0 Å². The number of benzene rings is 1. The molecular weight excluding hydrogens is 286 g/mol. The van der Waals surface area contributed by atoms with Gasteiger partial charge in [0.25, 0.3) is 0 Å². The van der Waals surface area contributed by atoms with Crippen molar-refractivity contribution in [1.82, 2.24) is 0 Å². The number of nitrogens with zero attached hydrogens (tertiary/aromatic N) is 1. The van der Waals surface area contributed by atoms with Crippen LogP contribution >= 0.6 is 11.6 Å². The smallest absolute Gasteiger partial charge is 0.241 e. The number of aryl methyl sites for hydroxylation is 1. The van der Waals surface area contributed by atoms with Crippen molar-refractivity contribution in [3.8, 4) is 0 Å². The second kappa shape index (κ2) is 3.98. The van der Waals surface area contributed by atoms with Gasteiger partial charge in [-0.3, -0.25) is 9.59 Å². The lowest BCUT2D eigenvalue weighted by atomic mass is 9.71. The highest BCUT2D eigenvalue weighted by Gasteiger charge is 2.67. The number of hydrogen-bond acceptors (Lipinski definition) is 2. The minimum absolute atomic E-state index is 0.0701. The minimum atomic E-state index is -0.576. The van der Waals surface area contributed by atoms with E-state index in [4.69, 9.17) is 11.6 Å². The Morgan fingerprint density at radius 3 is 2.71 bits per heavy atom. The van der Waals surface area contributed by atoms with Crippen molar-refractivity contribution in [3.05, 3.63) is 40.9 Å². The van der Waals surface area contributed by atoms with Crippen molar-refractivity contribution < 1.29 is 9.59 Å². The van der Waals surface area contributed by atoms with Gasteiger partial charge < -0.3 is 0 Å². The molecule has 4 heteroatoms. The van der Waals surface area contributed by atoms with Crippen LogP contribution in [0.25, 0.3) is 0 Å². The summed E-state index contributed by atoms with van der Waals surface area (Å²) < 4.78 is 0. The molecule has 4 rings (SSSR count). The predicted molar refractivity (Wildman–Crippen MR) is 81.0 cm³/mol. The fourth-order valence-corrected chi connectivity index (χ4v) is 4.45. The zero-order valence-electron chi connectivity index (χ0n) is 12.0. The molecule has 3 aliphatic rings. The second-order valence-electron chi connectivity index (χ2n) is 6.56. The lowest BCUT2D eigenvalue weighted by molar-refractivity contribution is -0.127. The fourth-order valence-electron chi connectivity index (χ4n) is 4.27. The molecule has 0 radical (unpaired) electrons. The van der Waals surface area contributed by atoms with Crippen LogP contribution in [0.4, 0.5) is 5.69 Å². The summed E-state index contributed by atoms with van der Waals surface area (Å²) in [6.07, 6.45) is 5.15. The van der Waals surface area contributed by atoms with E-state index >= 15 is 0 Å². The molecule has 0 unspecified atom stereocenters. The summed E-state index contributed by atoms with van der Waals surface area (Å²) in [6.45, 7) is 3.85. The maximum absolute atomic E-state index is 12.9. The van der Waals surface area contributed by atoms with Gasteiger partial charge in [0.15, 0.2) is 0 Å². The highest BCUT2D eigenvalue weighted by molar-refractivity contribution is 6.32. The molecule has 2 aliphatic carbocycles. The zero-order valence-corrected chi connectivity index (χ0v) is 12.7. The van der Waals surface area contributed by atoms with Crippen LogP contribution in [0.15, 0.2) is 30.4 Å². The molecule has 1 aromatic carbocycles. The molecule has 2 fully saturated rings. The minimum Gasteiger partial charge on any atom is -0.274 e. The van der Waals surface area contributed by atoms with Crippen molar-refractivity contribution in [2.75, 3.05) is 4.90 Å². The van der Waals surface area contributed by atoms with Crippen molar-refractivity contribution in [2.24, 2.45) is 23.2 Å². The van der Waals surface area contributed by atoms with Gasteiger partial charge in [-0.05, 0) is 49.8 Å². The number of carbonyl (C=O) groups excluding carboxylic acids is 2. The molecule has 1 saturated heterocycles. The number of fused-ring (bicyclic) bond motifs is 5. The van der Waals surface area contributed by atoms with E-state index in [9.17, 15) is 9.59 Å². The van der Waals surface area contributed by atoms with Crippen LogP contribution in [0.1, 0.15) is 18.9 Å². The Labute approximate surface area is 128 Å². The third-order valence-electron chi connectivity index (χ3n) is 5.53. The van der Waals surface area contributed by atoms with Crippen molar-refractivity contribution >= 4 is 29.1 Å². The first-order valence-corrected chi connectivity index (χ1v) is 7.65. The predicted octanol–water partition coefficient (Wildman–Crippen LogP) is 3.35. The third kappa shape index (κ3) is 1.45. The van der Waals surface area contributed by atoms with Crippen molar-refractivity contribution in [2.45, 2.75) is 20.3 Å². The molecule has 1 heterocycles. The summed E-state index contributed by atoms with van der Waals surface area (Å²) in [5.41, 5.74) is 0.955.